The Hall–Kier alpha value is -2.00. The number of carbonyl (C=O) groups excluding carboxylic acids is 1. The van der Waals surface area contributed by atoms with E-state index in [1.165, 1.54) is 4.90 Å². The summed E-state index contributed by atoms with van der Waals surface area (Å²) in [7, 11) is 0. The SMILES string of the molecule is C=NC(=O)CN(CCN(CCOO)CCOO)CCN(CC(=O)O)CC(=O)O. The fourth-order valence-electron chi connectivity index (χ4n) is 2.35. The first-order valence-corrected chi connectivity index (χ1v) is 8.45. The third-order valence-electron chi connectivity index (χ3n) is 3.72. The first-order valence-electron chi connectivity index (χ1n) is 8.45. The Labute approximate surface area is 162 Å². The van der Waals surface area contributed by atoms with Crippen molar-refractivity contribution in [2.45, 2.75) is 0 Å². The lowest BCUT2D eigenvalue weighted by atomic mass is 10.3. The normalized spacial score (nSPS) is 11.3. The van der Waals surface area contributed by atoms with Crippen LogP contribution in [0.25, 0.3) is 0 Å². The Morgan fingerprint density at radius 1 is 0.714 bits per heavy atom. The molecule has 13 heteroatoms. The van der Waals surface area contributed by atoms with Gasteiger partial charge in [0.05, 0.1) is 32.8 Å². The molecule has 162 valence electrons. The first kappa shape index (κ1) is 26.0. The Morgan fingerprint density at radius 2 is 1.14 bits per heavy atom. The standard InChI is InChI=1S/C15H28N4O9/c1-16-13(20)10-18(3-2-17(6-8-27-25)7-9-28-26)4-5-19(11-14(21)22)12-15(23)24/h25-26H,1-12H2,(H,21,22)(H,23,24). The molecule has 28 heavy (non-hydrogen) atoms. The van der Waals surface area contributed by atoms with Crippen molar-refractivity contribution in [3.63, 3.8) is 0 Å². The van der Waals surface area contributed by atoms with E-state index in [0.717, 1.165) is 0 Å². The summed E-state index contributed by atoms with van der Waals surface area (Å²) in [6.07, 6.45) is 0. The molecular weight excluding hydrogens is 380 g/mol. The van der Waals surface area contributed by atoms with Crippen LogP contribution in [0.1, 0.15) is 0 Å². The highest BCUT2D eigenvalue weighted by Gasteiger charge is 2.17. The zero-order valence-electron chi connectivity index (χ0n) is 15.6. The van der Waals surface area contributed by atoms with E-state index in [-0.39, 0.29) is 32.8 Å². The molecule has 4 N–H and O–H groups in total. The lowest BCUT2D eigenvalue weighted by molar-refractivity contribution is -0.251. The Morgan fingerprint density at radius 3 is 1.54 bits per heavy atom. The van der Waals surface area contributed by atoms with E-state index in [9.17, 15) is 14.4 Å². The maximum absolute atomic E-state index is 11.6. The Bertz CT molecular complexity index is 468. The van der Waals surface area contributed by atoms with Crippen molar-refractivity contribution in [3.05, 3.63) is 0 Å². The number of aliphatic imine (C=N–C) groups is 1. The second-order valence-corrected chi connectivity index (χ2v) is 5.83. The summed E-state index contributed by atoms with van der Waals surface area (Å²) in [6, 6.07) is 0. The molecule has 0 rings (SSSR count). The van der Waals surface area contributed by atoms with Crippen LogP contribution in [0.5, 0.6) is 0 Å². The summed E-state index contributed by atoms with van der Waals surface area (Å²) < 4.78 is 0. The fourth-order valence-corrected chi connectivity index (χ4v) is 2.35. The smallest absolute Gasteiger partial charge is 0.317 e. The van der Waals surface area contributed by atoms with E-state index in [2.05, 4.69) is 21.5 Å². The van der Waals surface area contributed by atoms with Gasteiger partial charge in [-0.15, -0.1) is 0 Å². The van der Waals surface area contributed by atoms with E-state index in [0.29, 0.717) is 26.2 Å². The molecule has 0 aromatic heterocycles. The van der Waals surface area contributed by atoms with Crippen LogP contribution in [-0.2, 0) is 24.2 Å². The van der Waals surface area contributed by atoms with Gasteiger partial charge in [-0.2, -0.15) is 0 Å². The third-order valence-corrected chi connectivity index (χ3v) is 3.72. The van der Waals surface area contributed by atoms with Crippen LogP contribution in [0.15, 0.2) is 4.99 Å². The van der Waals surface area contributed by atoms with Crippen molar-refractivity contribution in [2.75, 3.05) is 72.1 Å². The Balaban J connectivity index is 4.83. The summed E-state index contributed by atoms with van der Waals surface area (Å²) >= 11 is 0. The van der Waals surface area contributed by atoms with Gasteiger partial charge in [-0.05, 0) is 6.72 Å². The molecule has 0 heterocycles. The van der Waals surface area contributed by atoms with Gasteiger partial charge in [0.25, 0.3) is 5.91 Å². The average Bonchev–Trinajstić information content (AvgIpc) is 2.63. The highest BCUT2D eigenvalue weighted by atomic mass is 17.1. The topological polar surface area (TPSA) is 173 Å². The Kier molecular flexibility index (Phi) is 14.9. The molecule has 0 saturated heterocycles. The van der Waals surface area contributed by atoms with Crippen molar-refractivity contribution < 1.29 is 44.9 Å². The minimum atomic E-state index is -1.16. The van der Waals surface area contributed by atoms with Gasteiger partial charge in [0.1, 0.15) is 0 Å². The third kappa shape index (κ3) is 14.1. The molecule has 1 amide bonds. The van der Waals surface area contributed by atoms with Gasteiger partial charge in [0, 0.05) is 39.3 Å². The molecule has 0 bridgehead atoms. The number of carboxylic acid groups (broad SMARTS) is 2. The minimum absolute atomic E-state index is 0.0313. The second-order valence-electron chi connectivity index (χ2n) is 5.83. The molecule has 0 aromatic carbocycles. The fraction of sp³-hybridized carbons (Fsp3) is 0.733. The molecule has 0 aliphatic rings. The van der Waals surface area contributed by atoms with Crippen molar-refractivity contribution in [3.8, 4) is 0 Å². The number of hydrogen-bond acceptors (Lipinski definition) is 10. The molecule has 0 fully saturated rings. The maximum Gasteiger partial charge on any atom is 0.317 e. The molecule has 0 atom stereocenters. The molecule has 0 spiro atoms. The average molecular weight is 408 g/mol. The number of amides is 1. The van der Waals surface area contributed by atoms with Crippen molar-refractivity contribution in [1.29, 1.82) is 0 Å². The number of hydrogen-bond donors (Lipinski definition) is 4. The van der Waals surface area contributed by atoms with Crippen LogP contribution >= 0.6 is 0 Å². The molecule has 0 aliphatic carbocycles. The zero-order chi connectivity index (χ0) is 21.4. The van der Waals surface area contributed by atoms with Gasteiger partial charge < -0.3 is 10.2 Å². The van der Waals surface area contributed by atoms with Crippen molar-refractivity contribution >= 4 is 24.6 Å². The largest absolute Gasteiger partial charge is 0.480 e. The quantitative estimate of drug-likeness (QED) is 0.115. The molecule has 0 aliphatic heterocycles. The number of nitrogens with zero attached hydrogens (tertiary/aromatic N) is 4. The highest BCUT2D eigenvalue weighted by molar-refractivity contribution is 5.82. The van der Waals surface area contributed by atoms with Gasteiger partial charge >= 0.3 is 11.9 Å². The first-order chi connectivity index (χ1) is 13.3. The van der Waals surface area contributed by atoms with Crippen molar-refractivity contribution in [1.82, 2.24) is 14.7 Å². The van der Waals surface area contributed by atoms with Crippen molar-refractivity contribution in [2.24, 2.45) is 4.99 Å². The molecule has 0 saturated carbocycles. The summed E-state index contributed by atoms with van der Waals surface area (Å²) in [5, 5.41) is 34.7. The summed E-state index contributed by atoms with van der Waals surface area (Å²) in [4.78, 5) is 49.5. The van der Waals surface area contributed by atoms with Gasteiger partial charge in [0.15, 0.2) is 0 Å². The zero-order valence-corrected chi connectivity index (χ0v) is 15.6. The van der Waals surface area contributed by atoms with E-state index in [1.54, 1.807) is 9.80 Å². The van der Waals surface area contributed by atoms with E-state index < -0.39 is 30.9 Å². The van der Waals surface area contributed by atoms with E-state index in [4.69, 9.17) is 20.7 Å². The van der Waals surface area contributed by atoms with Crippen LogP contribution in [0.4, 0.5) is 0 Å². The predicted octanol–water partition coefficient (Wildman–Crippen LogP) is -1.73. The van der Waals surface area contributed by atoms with Gasteiger partial charge in [0.2, 0.25) is 0 Å². The molecule has 0 aromatic rings. The second kappa shape index (κ2) is 16.0. The highest BCUT2D eigenvalue weighted by Crippen LogP contribution is 1.98. The molecule has 0 unspecified atom stereocenters. The maximum atomic E-state index is 11.6. The molecular formula is C15H28N4O9. The summed E-state index contributed by atoms with van der Waals surface area (Å²) in [5.41, 5.74) is 0. The van der Waals surface area contributed by atoms with Crippen LogP contribution in [0, 0.1) is 0 Å². The van der Waals surface area contributed by atoms with E-state index in [1.807, 2.05) is 0 Å². The monoisotopic (exact) mass is 408 g/mol. The lowest BCUT2D eigenvalue weighted by Crippen LogP contribution is -2.44. The molecule has 13 nitrogen and oxygen atoms in total. The van der Waals surface area contributed by atoms with Gasteiger partial charge in [-0.3, -0.25) is 39.6 Å². The van der Waals surface area contributed by atoms with Gasteiger partial charge in [-0.25, -0.2) is 14.8 Å². The predicted molar refractivity (Wildman–Crippen MR) is 96.3 cm³/mol. The number of carboxylic acids is 2. The van der Waals surface area contributed by atoms with Crippen LogP contribution in [-0.4, -0.2) is 132 Å². The van der Waals surface area contributed by atoms with Crippen LogP contribution < -0.4 is 0 Å². The van der Waals surface area contributed by atoms with Gasteiger partial charge in [-0.1, -0.05) is 0 Å². The minimum Gasteiger partial charge on any atom is -0.480 e. The summed E-state index contributed by atoms with van der Waals surface area (Å²) in [6.45, 7) is 4.06. The van der Waals surface area contributed by atoms with Crippen LogP contribution in [0.3, 0.4) is 0 Å². The lowest BCUT2D eigenvalue weighted by Gasteiger charge is -2.28. The summed E-state index contributed by atoms with van der Waals surface area (Å²) in [5.74, 6) is -2.79. The molecule has 0 radical (unpaired) electrons. The number of carbonyl (C=O) groups is 3. The number of aliphatic carboxylic acids is 2. The number of rotatable bonds is 18. The van der Waals surface area contributed by atoms with Crippen LogP contribution in [0.2, 0.25) is 0 Å². The van der Waals surface area contributed by atoms with E-state index >= 15 is 0 Å².